The third-order valence-corrected chi connectivity index (χ3v) is 4.15. The van der Waals surface area contributed by atoms with Crippen molar-refractivity contribution in [3.63, 3.8) is 0 Å². The molecule has 6 heteroatoms. The molecule has 0 spiro atoms. The minimum atomic E-state index is -0.704. The van der Waals surface area contributed by atoms with Crippen LogP contribution in [0.4, 0.5) is 0 Å². The van der Waals surface area contributed by atoms with Crippen molar-refractivity contribution in [2.75, 3.05) is 32.9 Å². The molecule has 1 amide bonds. The second-order valence-electron chi connectivity index (χ2n) is 4.99. The van der Waals surface area contributed by atoms with Crippen LogP contribution in [0.5, 0.6) is 0 Å². The Balaban J connectivity index is 2.15. The van der Waals surface area contributed by atoms with Crippen LogP contribution in [0.1, 0.15) is 19.8 Å². The van der Waals surface area contributed by atoms with Gasteiger partial charge in [-0.2, -0.15) is 0 Å². The zero-order chi connectivity index (χ0) is 13.2. The molecule has 2 saturated heterocycles. The highest BCUT2D eigenvalue weighted by molar-refractivity contribution is 7.80. The number of amides is 1. The molecule has 2 fully saturated rings. The Morgan fingerprint density at radius 1 is 1.39 bits per heavy atom. The van der Waals surface area contributed by atoms with Crippen LogP contribution in [0.2, 0.25) is 0 Å². The van der Waals surface area contributed by atoms with Crippen molar-refractivity contribution < 1.29 is 14.3 Å². The number of hydrogen-bond acceptors (Lipinski definition) is 4. The van der Waals surface area contributed by atoms with Crippen LogP contribution >= 0.6 is 12.2 Å². The van der Waals surface area contributed by atoms with E-state index in [4.69, 9.17) is 27.4 Å². The fourth-order valence-corrected chi connectivity index (χ4v) is 2.88. The Kier molecular flexibility index (Phi) is 4.19. The molecule has 2 rings (SSSR count). The van der Waals surface area contributed by atoms with Gasteiger partial charge in [0.1, 0.15) is 5.41 Å². The number of carbonyl (C=O) groups excluding carboxylic acids is 1. The van der Waals surface area contributed by atoms with Gasteiger partial charge in [0.15, 0.2) is 0 Å². The molecular weight excluding hydrogens is 252 g/mol. The predicted molar refractivity (Wildman–Crippen MR) is 71.3 cm³/mol. The maximum Gasteiger partial charge on any atom is 0.235 e. The van der Waals surface area contributed by atoms with Gasteiger partial charge in [0.25, 0.3) is 0 Å². The van der Waals surface area contributed by atoms with Crippen LogP contribution in [0.15, 0.2) is 0 Å². The number of ether oxygens (including phenoxy) is 2. The molecular formula is C12H20N2O3S. The molecule has 2 N–H and O–H groups in total. The molecule has 1 unspecified atom stereocenters. The summed E-state index contributed by atoms with van der Waals surface area (Å²) in [5.41, 5.74) is 5.14. The number of rotatable bonds is 2. The lowest BCUT2D eigenvalue weighted by atomic mass is 9.78. The topological polar surface area (TPSA) is 64.8 Å². The minimum absolute atomic E-state index is 0.0495. The van der Waals surface area contributed by atoms with E-state index in [0.29, 0.717) is 50.7 Å². The summed E-state index contributed by atoms with van der Waals surface area (Å²) in [5, 5.41) is 0. The van der Waals surface area contributed by atoms with Gasteiger partial charge in [-0.25, -0.2) is 0 Å². The molecule has 2 aliphatic rings. The van der Waals surface area contributed by atoms with E-state index in [9.17, 15) is 4.79 Å². The number of nitrogens with zero attached hydrogens (tertiary/aromatic N) is 1. The molecule has 2 heterocycles. The maximum absolute atomic E-state index is 12.7. The molecule has 2 aliphatic heterocycles. The van der Waals surface area contributed by atoms with E-state index in [1.807, 2.05) is 11.8 Å². The molecule has 0 radical (unpaired) electrons. The standard InChI is InChI=1S/C12H20N2O3S/c1-9-8-14(4-7-17-9)11(15)12(10(13)18)2-5-16-6-3-12/h9H,2-8H2,1H3,(H2,13,18). The van der Waals surface area contributed by atoms with Crippen molar-refractivity contribution >= 4 is 23.1 Å². The Labute approximate surface area is 113 Å². The summed E-state index contributed by atoms with van der Waals surface area (Å²) in [7, 11) is 0. The predicted octanol–water partition coefficient (Wildman–Crippen LogP) is 0.317. The van der Waals surface area contributed by atoms with E-state index >= 15 is 0 Å². The smallest absolute Gasteiger partial charge is 0.235 e. The van der Waals surface area contributed by atoms with Crippen LogP contribution in [0, 0.1) is 5.41 Å². The summed E-state index contributed by atoms with van der Waals surface area (Å²) < 4.78 is 10.8. The maximum atomic E-state index is 12.7. The fraction of sp³-hybridized carbons (Fsp3) is 0.833. The summed E-state index contributed by atoms with van der Waals surface area (Å²) in [6, 6.07) is 0. The highest BCUT2D eigenvalue weighted by atomic mass is 32.1. The van der Waals surface area contributed by atoms with E-state index in [-0.39, 0.29) is 12.0 Å². The van der Waals surface area contributed by atoms with Gasteiger partial charge in [0, 0.05) is 26.3 Å². The van der Waals surface area contributed by atoms with Crippen molar-refractivity contribution in [2.45, 2.75) is 25.9 Å². The van der Waals surface area contributed by atoms with Crippen molar-refractivity contribution in [3.05, 3.63) is 0 Å². The van der Waals surface area contributed by atoms with Crippen molar-refractivity contribution in [2.24, 2.45) is 11.1 Å². The van der Waals surface area contributed by atoms with Gasteiger partial charge in [-0.1, -0.05) is 12.2 Å². The first-order valence-corrected chi connectivity index (χ1v) is 6.76. The van der Waals surface area contributed by atoms with Gasteiger partial charge in [-0.05, 0) is 19.8 Å². The van der Waals surface area contributed by atoms with Crippen LogP contribution in [0.25, 0.3) is 0 Å². The average molecular weight is 272 g/mol. The average Bonchev–Trinajstić information content (AvgIpc) is 2.38. The molecule has 0 aromatic carbocycles. The second-order valence-corrected chi connectivity index (χ2v) is 5.43. The van der Waals surface area contributed by atoms with Crippen molar-refractivity contribution in [1.29, 1.82) is 0 Å². The summed E-state index contributed by atoms with van der Waals surface area (Å²) in [5.74, 6) is 0.0495. The molecule has 0 aromatic heterocycles. The van der Waals surface area contributed by atoms with Crippen LogP contribution in [-0.2, 0) is 14.3 Å². The van der Waals surface area contributed by atoms with E-state index in [1.54, 1.807) is 0 Å². The highest BCUT2D eigenvalue weighted by Crippen LogP contribution is 2.33. The van der Waals surface area contributed by atoms with E-state index in [0.717, 1.165) is 0 Å². The fourth-order valence-electron chi connectivity index (χ4n) is 2.59. The van der Waals surface area contributed by atoms with Crippen LogP contribution in [-0.4, -0.2) is 54.8 Å². The summed E-state index contributed by atoms with van der Waals surface area (Å²) in [6.07, 6.45) is 1.26. The molecule has 0 aliphatic carbocycles. The van der Waals surface area contributed by atoms with Gasteiger partial charge in [-0.3, -0.25) is 4.79 Å². The second kappa shape index (κ2) is 5.50. The molecule has 0 saturated carbocycles. The lowest BCUT2D eigenvalue weighted by molar-refractivity contribution is -0.149. The molecule has 0 bridgehead atoms. The number of hydrogen-bond donors (Lipinski definition) is 1. The zero-order valence-corrected chi connectivity index (χ0v) is 11.5. The first-order chi connectivity index (χ1) is 8.56. The highest BCUT2D eigenvalue weighted by Gasteiger charge is 2.45. The number of nitrogens with two attached hydrogens (primary N) is 1. The summed E-state index contributed by atoms with van der Waals surface area (Å²) in [6.45, 7) is 4.87. The number of morpholine rings is 1. The Morgan fingerprint density at radius 3 is 2.61 bits per heavy atom. The third kappa shape index (κ3) is 2.50. The van der Waals surface area contributed by atoms with E-state index in [1.165, 1.54) is 0 Å². The number of thiocarbonyl (C=S) groups is 1. The van der Waals surface area contributed by atoms with Gasteiger partial charge >= 0.3 is 0 Å². The van der Waals surface area contributed by atoms with E-state index < -0.39 is 5.41 Å². The Hall–Kier alpha value is -0.720. The first kappa shape index (κ1) is 13.7. The Bertz CT molecular complexity index is 342. The summed E-state index contributed by atoms with van der Waals surface area (Å²) >= 11 is 5.15. The lowest BCUT2D eigenvalue weighted by Gasteiger charge is -2.41. The van der Waals surface area contributed by atoms with Gasteiger partial charge in [0.2, 0.25) is 5.91 Å². The van der Waals surface area contributed by atoms with Crippen LogP contribution in [0.3, 0.4) is 0 Å². The third-order valence-electron chi connectivity index (χ3n) is 3.76. The Morgan fingerprint density at radius 2 is 2.06 bits per heavy atom. The summed E-state index contributed by atoms with van der Waals surface area (Å²) in [4.78, 5) is 14.8. The normalized spacial score (nSPS) is 27.8. The quantitative estimate of drug-likeness (QED) is 0.733. The first-order valence-electron chi connectivity index (χ1n) is 6.35. The van der Waals surface area contributed by atoms with Crippen LogP contribution < -0.4 is 5.73 Å². The van der Waals surface area contributed by atoms with Gasteiger partial charge in [0.05, 0.1) is 17.7 Å². The molecule has 5 nitrogen and oxygen atoms in total. The molecule has 0 aromatic rings. The van der Waals surface area contributed by atoms with Crippen molar-refractivity contribution in [3.8, 4) is 0 Å². The number of carbonyl (C=O) groups is 1. The van der Waals surface area contributed by atoms with E-state index in [2.05, 4.69) is 0 Å². The monoisotopic (exact) mass is 272 g/mol. The van der Waals surface area contributed by atoms with Crippen molar-refractivity contribution in [1.82, 2.24) is 4.90 Å². The van der Waals surface area contributed by atoms with Gasteiger partial charge in [-0.15, -0.1) is 0 Å². The zero-order valence-electron chi connectivity index (χ0n) is 10.7. The molecule has 18 heavy (non-hydrogen) atoms. The minimum Gasteiger partial charge on any atom is -0.392 e. The molecule has 102 valence electrons. The lowest BCUT2D eigenvalue weighted by Crippen LogP contribution is -2.56. The molecule has 1 atom stereocenters. The van der Waals surface area contributed by atoms with Gasteiger partial charge < -0.3 is 20.1 Å². The largest absolute Gasteiger partial charge is 0.392 e. The SMILES string of the molecule is CC1CN(C(=O)C2(C(N)=S)CCOCC2)CCO1.